The summed E-state index contributed by atoms with van der Waals surface area (Å²) in [5.74, 6) is 0. The third-order valence-corrected chi connectivity index (χ3v) is 2.24. The van der Waals surface area contributed by atoms with Crippen LogP contribution in [0.4, 0.5) is 0 Å². The Morgan fingerprint density at radius 3 is 2.75 bits per heavy atom. The summed E-state index contributed by atoms with van der Waals surface area (Å²) >= 11 is 0. The van der Waals surface area contributed by atoms with Crippen molar-refractivity contribution in [1.29, 1.82) is 0 Å². The molecule has 1 heterocycles. The summed E-state index contributed by atoms with van der Waals surface area (Å²) in [7, 11) is 0. The molecule has 1 N–H and O–H groups in total. The van der Waals surface area contributed by atoms with Gasteiger partial charge in [-0.2, -0.15) is 0 Å². The molecule has 3 nitrogen and oxygen atoms in total. The predicted octanol–water partition coefficient (Wildman–Crippen LogP) is 2.51. The second kappa shape index (κ2) is 8.25. The van der Waals surface area contributed by atoms with Gasteiger partial charge >= 0.3 is 0 Å². The standard InChI is InChI=1S/C13H22N2O/c1-3-7-14-9-12-5-6-13(15-10-12)11-16-8-4-2/h5-6,10,14H,3-4,7-9,11H2,1-2H3. The Balaban J connectivity index is 2.30. The van der Waals surface area contributed by atoms with Crippen LogP contribution in [0.2, 0.25) is 0 Å². The summed E-state index contributed by atoms with van der Waals surface area (Å²) in [5.41, 5.74) is 2.24. The lowest BCUT2D eigenvalue weighted by Crippen LogP contribution is -2.14. The number of aromatic nitrogens is 1. The topological polar surface area (TPSA) is 34.1 Å². The van der Waals surface area contributed by atoms with Crippen LogP contribution in [-0.2, 0) is 17.9 Å². The van der Waals surface area contributed by atoms with Crippen LogP contribution in [0.25, 0.3) is 0 Å². The molecule has 0 saturated heterocycles. The molecule has 0 fully saturated rings. The number of rotatable bonds is 8. The Bertz CT molecular complexity index is 243. The van der Waals surface area contributed by atoms with Crippen LogP contribution in [0.1, 0.15) is 37.9 Å². The third-order valence-electron chi connectivity index (χ3n) is 2.24. The molecule has 0 spiro atoms. The molecular formula is C13H22N2O. The maximum Gasteiger partial charge on any atom is 0.0887 e. The minimum absolute atomic E-state index is 0.622. The Morgan fingerprint density at radius 2 is 2.12 bits per heavy atom. The summed E-state index contributed by atoms with van der Waals surface area (Å²) in [6, 6.07) is 4.15. The molecule has 0 aliphatic carbocycles. The monoisotopic (exact) mass is 222 g/mol. The highest BCUT2D eigenvalue weighted by Gasteiger charge is 1.96. The molecular weight excluding hydrogens is 200 g/mol. The van der Waals surface area contributed by atoms with Gasteiger partial charge in [0.2, 0.25) is 0 Å². The zero-order valence-corrected chi connectivity index (χ0v) is 10.3. The van der Waals surface area contributed by atoms with Gasteiger partial charge in [-0.25, -0.2) is 0 Å². The van der Waals surface area contributed by atoms with Crippen molar-refractivity contribution in [3.8, 4) is 0 Å². The first-order valence-electron chi connectivity index (χ1n) is 6.09. The van der Waals surface area contributed by atoms with Crippen LogP contribution in [0.5, 0.6) is 0 Å². The number of nitrogens with zero attached hydrogens (tertiary/aromatic N) is 1. The maximum atomic E-state index is 5.43. The van der Waals surface area contributed by atoms with E-state index in [1.165, 1.54) is 5.56 Å². The number of hydrogen-bond donors (Lipinski definition) is 1. The van der Waals surface area contributed by atoms with E-state index in [0.29, 0.717) is 6.61 Å². The molecule has 0 amide bonds. The van der Waals surface area contributed by atoms with Crippen LogP contribution in [0.15, 0.2) is 18.3 Å². The fourth-order valence-electron chi connectivity index (χ4n) is 1.38. The molecule has 90 valence electrons. The minimum atomic E-state index is 0.622. The van der Waals surface area contributed by atoms with Gasteiger partial charge < -0.3 is 10.1 Å². The second-order valence-electron chi connectivity index (χ2n) is 3.89. The van der Waals surface area contributed by atoms with Crippen molar-refractivity contribution in [3.05, 3.63) is 29.6 Å². The number of pyridine rings is 1. The molecule has 0 aromatic carbocycles. The lowest BCUT2D eigenvalue weighted by atomic mass is 10.2. The zero-order valence-electron chi connectivity index (χ0n) is 10.3. The molecule has 3 heteroatoms. The average molecular weight is 222 g/mol. The van der Waals surface area contributed by atoms with E-state index in [-0.39, 0.29) is 0 Å². The van der Waals surface area contributed by atoms with Crippen LogP contribution in [-0.4, -0.2) is 18.1 Å². The Morgan fingerprint density at radius 1 is 1.25 bits per heavy atom. The van der Waals surface area contributed by atoms with Gasteiger partial charge in [0.15, 0.2) is 0 Å². The van der Waals surface area contributed by atoms with Gasteiger partial charge in [0.05, 0.1) is 12.3 Å². The summed E-state index contributed by atoms with van der Waals surface area (Å²) in [4.78, 5) is 4.36. The molecule has 1 rings (SSSR count). The number of nitrogens with one attached hydrogen (secondary N) is 1. The summed E-state index contributed by atoms with van der Waals surface area (Å²) in [5, 5.41) is 3.35. The summed E-state index contributed by atoms with van der Waals surface area (Å²) in [6.07, 6.45) is 4.14. The van der Waals surface area contributed by atoms with Crippen molar-refractivity contribution in [2.24, 2.45) is 0 Å². The molecule has 0 aliphatic heterocycles. The smallest absolute Gasteiger partial charge is 0.0887 e. The highest BCUT2D eigenvalue weighted by Crippen LogP contribution is 2.02. The van der Waals surface area contributed by atoms with Crippen LogP contribution < -0.4 is 5.32 Å². The molecule has 0 aliphatic rings. The predicted molar refractivity (Wildman–Crippen MR) is 66.2 cm³/mol. The van der Waals surface area contributed by atoms with Gasteiger partial charge in [0, 0.05) is 19.3 Å². The Kier molecular flexibility index (Phi) is 6.77. The van der Waals surface area contributed by atoms with Crippen molar-refractivity contribution >= 4 is 0 Å². The van der Waals surface area contributed by atoms with Crippen molar-refractivity contribution in [3.63, 3.8) is 0 Å². The van der Waals surface area contributed by atoms with Gasteiger partial charge in [0.1, 0.15) is 0 Å². The van der Waals surface area contributed by atoms with E-state index in [1.807, 2.05) is 12.3 Å². The van der Waals surface area contributed by atoms with E-state index in [4.69, 9.17) is 4.74 Å². The minimum Gasteiger partial charge on any atom is -0.375 e. The average Bonchev–Trinajstić information content (AvgIpc) is 2.32. The Hall–Kier alpha value is -0.930. The first-order valence-corrected chi connectivity index (χ1v) is 6.09. The molecule has 0 unspecified atom stereocenters. The van der Waals surface area contributed by atoms with E-state index in [9.17, 15) is 0 Å². The maximum absolute atomic E-state index is 5.43. The van der Waals surface area contributed by atoms with E-state index < -0.39 is 0 Å². The van der Waals surface area contributed by atoms with Gasteiger partial charge in [-0.15, -0.1) is 0 Å². The van der Waals surface area contributed by atoms with Crippen molar-refractivity contribution < 1.29 is 4.74 Å². The molecule has 0 atom stereocenters. The highest BCUT2D eigenvalue weighted by atomic mass is 16.5. The van der Waals surface area contributed by atoms with Gasteiger partial charge in [-0.1, -0.05) is 19.9 Å². The molecule has 0 saturated carbocycles. The first-order chi connectivity index (χ1) is 7.86. The summed E-state index contributed by atoms with van der Waals surface area (Å²) in [6.45, 7) is 7.66. The largest absolute Gasteiger partial charge is 0.375 e. The molecule has 16 heavy (non-hydrogen) atoms. The number of ether oxygens (including phenoxy) is 1. The van der Waals surface area contributed by atoms with E-state index in [1.54, 1.807) is 0 Å². The number of hydrogen-bond acceptors (Lipinski definition) is 3. The van der Waals surface area contributed by atoms with E-state index in [0.717, 1.165) is 38.2 Å². The van der Waals surface area contributed by atoms with Crippen LogP contribution in [0.3, 0.4) is 0 Å². The lowest BCUT2D eigenvalue weighted by Gasteiger charge is -2.05. The van der Waals surface area contributed by atoms with E-state index in [2.05, 4.69) is 30.2 Å². The normalized spacial score (nSPS) is 10.6. The molecule has 1 aromatic rings. The van der Waals surface area contributed by atoms with Crippen LogP contribution >= 0.6 is 0 Å². The SMILES string of the molecule is CCCNCc1ccc(COCCC)nc1. The first kappa shape index (κ1) is 13.1. The van der Waals surface area contributed by atoms with E-state index >= 15 is 0 Å². The molecule has 0 bridgehead atoms. The summed E-state index contributed by atoms with van der Waals surface area (Å²) < 4.78 is 5.43. The van der Waals surface area contributed by atoms with Gasteiger partial charge in [-0.05, 0) is 31.0 Å². The molecule has 0 radical (unpaired) electrons. The highest BCUT2D eigenvalue weighted by molar-refractivity contribution is 5.13. The van der Waals surface area contributed by atoms with Crippen LogP contribution in [0, 0.1) is 0 Å². The lowest BCUT2D eigenvalue weighted by molar-refractivity contribution is 0.119. The fraction of sp³-hybridized carbons (Fsp3) is 0.615. The second-order valence-corrected chi connectivity index (χ2v) is 3.89. The molecule has 1 aromatic heterocycles. The quantitative estimate of drug-likeness (QED) is 0.686. The van der Waals surface area contributed by atoms with Gasteiger partial charge in [-0.3, -0.25) is 4.98 Å². The zero-order chi connectivity index (χ0) is 11.6. The van der Waals surface area contributed by atoms with Crippen molar-refractivity contribution in [2.75, 3.05) is 13.2 Å². The Labute approximate surface area is 98.2 Å². The van der Waals surface area contributed by atoms with Crippen molar-refractivity contribution in [2.45, 2.75) is 39.8 Å². The fourth-order valence-corrected chi connectivity index (χ4v) is 1.38. The van der Waals surface area contributed by atoms with Gasteiger partial charge in [0.25, 0.3) is 0 Å². The third kappa shape index (κ3) is 5.24. The van der Waals surface area contributed by atoms with Crippen molar-refractivity contribution in [1.82, 2.24) is 10.3 Å².